The Balaban J connectivity index is 2.55. The molecule has 11 heavy (non-hydrogen) atoms. The highest BCUT2D eigenvalue weighted by Crippen LogP contribution is 2.10. The quantitative estimate of drug-likeness (QED) is 0.579. The zero-order chi connectivity index (χ0) is 8.27. The van der Waals surface area contributed by atoms with E-state index in [-0.39, 0.29) is 0 Å². The summed E-state index contributed by atoms with van der Waals surface area (Å²) in [6.07, 6.45) is 2.12. The predicted molar refractivity (Wildman–Crippen MR) is 39.4 cm³/mol. The number of amides is 1. The maximum Gasteiger partial charge on any atom is 0.249 e. The number of nitriles is 1. The van der Waals surface area contributed by atoms with E-state index in [1.54, 1.807) is 0 Å². The van der Waals surface area contributed by atoms with Crippen LogP contribution in [-0.2, 0) is 4.79 Å². The van der Waals surface area contributed by atoms with Crippen LogP contribution in [0.1, 0.15) is 12.8 Å². The van der Waals surface area contributed by atoms with E-state index in [1.165, 1.54) is 0 Å². The van der Waals surface area contributed by atoms with Crippen molar-refractivity contribution in [3.63, 3.8) is 0 Å². The summed E-state index contributed by atoms with van der Waals surface area (Å²) in [5.41, 5.74) is 5.02. The van der Waals surface area contributed by atoms with Crippen LogP contribution in [0.15, 0.2) is 0 Å². The average Bonchev–Trinajstić information content (AvgIpc) is 2.40. The van der Waals surface area contributed by atoms with Gasteiger partial charge in [-0.3, -0.25) is 9.69 Å². The van der Waals surface area contributed by atoms with Gasteiger partial charge in [0.2, 0.25) is 5.91 Å². The molecule has 1 aliphatic heterocycles. The molecule has 1 fully saturated rings. The first-order chi connectivity index (χ1) is 5.25. The molecule has 0 aromatic heterocycles. The molecule has 0 aromatic carbocycles. The number of nitrogens with zero attached hydrogens (tertiary/aromatic N) is 2. The maximum atomic E-state index is 10.7. The fraction of sp³-hybridized carbons (Fsp3) is 0.714. The van der Waals surface area contributed by atoms with Gasteiger partial charge in [-0.1, -0.05) is 0 Å². The van der Waals surface area contributed by atoms with Crippen LogP contribution in [-0.4, -0.2) is 29.9 Å². The molecular weight excluding hydrogens is 142 g/mol. The van der Waals surface area contributed by atoms with Crippen molar-refractivity contribution in [2.45, 2.75) is 18.9 Å². The van der Waals surface area contributed by atoms with E-state index in [0.29, 0.717) is 0 Å². The van der Waals surface area contributed by atoms with E-state index in [4.69, 9.17) is 11.0 Å². The number of hydrogen-bond acceptors (Lipinski definition) is 3. The highest BCUT2D eigenvalue weighted by Gasteiger charge is 2.25. The molecule has 0 saturated carbocycles. The zero-order valence-corrected chi connectivity index (χ0v) is 6.29. The Bertz CT molecular complexity index is 190. The van der Waals surface area contributed by atoms with Gasteiger partial charge in [-0.2, -0.15) is 5.26 Å². The molecule has 1 rings (SSSR count). The van der Waals surface area contributed by atoms with Crippen LogP contribution in [0.2, 0.25) is 0 Å². The van der Waals surface area contributed by atoms with E-state index < -0.39 is 11.9 Å². The fourth-order valence-electron chi connectivity index (χ4n) is 1.33. The minimum absolute atomic E-state index is 0.533. The molecule has 60 valence electrons. The monoisotopic (exact) mass is 153 g/mol. The Morgan fingerprint density at radius 3 is 2.45 bits per heavy atom. The van der Waals surface area contributed by atoms with E-state index in [9.17, 15) is 4.79 Å². The van der Waals surface area contributed by atoms with Crippen molar-refractivity contribution in [1.82, 2.24) is 4.90 Å². The van der Waals surface area contributed by atoms with Gasteiger partial charge in [0.05, 0.1) is 6.07 Å². The Morgan fingerprint density at radius 2 is 2.09 bits per heavy atom. The number of rotatable bonds is 2. The Kier molecular flexibility index (Phi) is 2.44. The lowest BCUT2D eigenvalue weighted by molar-refractivity contribution is -0.121. The second-order valence-corrected chi connectivity index (χ2v) is 2.68. The van der Waals surface area contributed by atoms with Crippen molar-refractivity contribution < 1.29 is 4.79 Å². The lowest BCUT2D eigenvalue weighted by Crippen LogP contribution is -2.42. The van der Waals surface area contributed by atoms with Crippen LogP contribution in [0.3, 0.4) is 0 Å². The van der Waals surface area contributed by atoms with Gasteiger partial charge in [0, 0.05) is 0 Å². The normalized spacial score (nSPS) is 21.0. The van der Waals surface area contributed by atoms with Crippen molar-refractivity contribution in [1.29, 1.82) is 5.26 Å². The van der Waals surface area contributed by atoms with Gasteiger partial charge in [0.25, 0.3) is 0 Å². The third-order valence-corrected chi connectivity index (χ3v) is 1.90. The molecule has 0 radical (unpaired) electrons. The van der Waals surface area contributed by atoms with Gasteiger partial charge < -0.3 is 5.73 Å². The van der Waals surface area contributed by atoms with Gasteiger partial charge in [0.15, 0.2) is 6.04 Å². The second-order valence-electron chi connectivity index (χ2n) is 2.68. The van der Waals surface area contributed by atoms with Crippen LogP contribution in [0.25, 0.3) is 0 Å². The average molecular weight is 153 g/mol. The fourth-order valence-corrected chi connectivity index (χ4v) is 1.33. The molecule has 0 bridgehead atoms. The third kappa shape index (κ3) is 1.69. The Labute approximate surface area is 65.6 Å². The summed E-state index contributed by atoms with van der Waals surface area (Å²) in [7, 11) is 0. The topological polar surface area (TPSA) is 70.1 Å². The van der Waals surface area contributed by atoms with Gasteiger partial charge in [-0.05, 0) is 25.9 Å². The highest BCUT2D eigenvalue weighted by molar-refractivity contribution is 5.82. The first kappa shape index (κ1) is 8.02. The molecule has 2 N–H and O–H groups in total. The molecule has 4 heteroatoms. The summed E-state index contributed by atoms with van der Waals surface area (Å²) in [5, 5.41) is 8.56. The molecule has 4 nitrogen and oxygen atoms in total. The first-order valence-electron chi connectivity index (χ1n) is 3.68. The maximum absolute atomic E-state index is 10.7. The SMILES string of the molecule is N#CC(C(N)=O)N1CCCC1. The number of primary amides is 1. The molecule has 1 atom stereocenters. The first-order valence-corrected chi connectivity index (χ1v) is 3.68. The molecule has 1 amide bonds. The van der Waals surface area contributed by atoms with Crippen LogP contribution in [0, 0.1) is 11.3 Å². The van der Waals surface area contributed by atoms with Crippen molar-refractivity contribution in [3.05, 3.63) is 0 Å². The van der Waals surface area contributed by atoms with E-state index in [1.807, 2.05) is 11.0 Å². The molecule has 1 unspecified atom stereocenters. The number of nitrogens with two attached hydrogens (primary N) is 1. The molecular formula is C7H11N3O. The summed E-state index contributed by atoms with van der Waals surface area (Å²) in [5.74, 6) is -0.533. The highest BCUT2D eigenvalue weighted by atomic mass is 16.1. The number of hydrogen-bond donors (Lipinski definition) is 1. The molecule has 1 saturated heterocycles. The summed E-state index contributed by atoms with van der Waals surface area (Å²) in [6, 6.07) is 1.18. The number of carbonyl (C=O) groups excluding carboxylic acids is 1. The number of carbonyl (C=O) groups is 1. The second kappa shape index (κ2) is 3.35. The zero-order valence-electron chi connectivity index (χ0n) is 6.29. The van der Waals surface area contributed by atoms with Crippen LogP contribution in [0.4, 0.5) is 0 Å². The van der Waals surface area contributed by atoms with Crippen molar-refractivity contribution in [2.75, 3.05) is 13.1 Å². The summed E-state index contributed by atoms with van der Waals surface area (Å²) in [4.78, 5) is 12.5. The largest absolute Gasteiger partial charge is 0.367 e. The smallest absolute Gasteiger partial charge is 0.249 e. The standard InChI is InChI=1S/C7H11N3O/c8-5-6(7(9)11)10-3-1-2-4-10/h6H,1-4H2,(H2,9,11). The molecule has 0 aromatic rings. The minimum Gasteiger partial charge on any atom is -0.367 e. The lowest BCUT2D eigenvalue weighted by Gasteiger charge is -2.17. The minimum atomic E-state index is -0.711. The molecule has 0 aliphatic carbocycles. The lowest BCUT2D eigenvalue weighted by atomic mass is 10.3. The van der Waals surface area contributed by atoms with Crippen LogP contribution in [0.5, 0.6) is 0 Å². The van der Waals surface area contributed by atoms with Gasteiger partial charge in [-0.15, -0.1) is 0 Å². The van der Waals surface area contributed by atoms with Gasteiger partial charge in [-0.25, -0.2) is 0 Å². The summed E-state index contributed by atoms with van der Waals surface area (Å²) in [6.45, 7) is 1.64. The van der Waals surface area contributed by atoms with Crippen LogP contribution < -0.4 is 5.73 Å². The van der Waals surface area contributed by atoms with E-state index in [2.05, 4.69) is 0 Å². The Hall–Kier alpha value is -1.08. The van der Waals surface area contributed by atoms with Crippen molar-refractivity contribution in [2.24, 2.45) is 5.73 Å². The molecule has 1 aliphatic rings. The van der Waals surface area contributed by atoms with Crippen molar-refractivity contribution in [3.8, 4) is 6.07 Å². The number of likely N-dealkylation sites (tertiary alicyclic amines) is 1. The predicted octanol–water partition coefficient (Wildman–Crippen LogP) is -0.540. The van der Waals surface area contributed by atoms with E-state index in [0.717, 1.165) is 25.9 Å². The summed E-state index contributed by atoms with van der Waals surface area (Å²) >= 11 is 0. The van der Waals surface area contributed by atoms with Crippen molar-refractivity contribution >= 4 is 5.91 Å². The van der Waals surface area contributed by atoms with Gasteiger partial charge in [0.1, 0.15) is 0 Å². The van der Waals surface area contributed by atoms with Crippen LogP contribution >= 0.6 is 0 Å². The molecule has 0 spiro atoms. The Morgan fingerprint density at radius 1 is 1.55 bits per heavy atom. The van der Waals surface area contributed by atoms with E-state index >= 15 is 0 Å². The van der Waals surface area contributed by atoms with Gasteiger partial charge >= 0.3 is 0 Å². The third-order valence-electron chi connectivity index (χ3n) is 1.90. The molecule has 1 heterocycles. The summed E-state index contributed by atoms with van der Waals surface area (Å²) < 4.78 is 0.